The van der Waals surface area contributed by atoms with E-state index in [0.717, 1.165) is 0 Å². The lowest BCUT2D eigenvalue weighted by molar-refractivity contribution is -0.323. The van der Waals surface area contributed by atoms with E-state index in [1.807, 2.05) is 13.8 Å². The molecule has 51 heavy (non-hydrogen) atoms. The molecule has 3 fully saturated rings. The molecule has 14 nitrogen and oxygen atoms in total. The van der Waals surface area contributed by atoms with Gasteiger partial charge in [0.15, 0.2) is 12.6 Å². The van der Waals surface area contributed by atoms with Gasteiger partial charge in [0.1, 0.15) is 29.7 Å². The Labute approximate surface area is 303 Å². The number of esters is 1. The first-order valence-corrected chi connectivity index (χ1v) is 18.4. The molecule has 0 bridgehead atoms. The zero-order valence-electron chi connectivity index (χ0n) is 32.9. The maximum Gasteiger partial charge on any atom is 0.311 e. The lowest BCUT2D eigenvalue weighted by atomic mass is 9.74. The van der Waals surface area contributed by atoms with Gasteiger partial charge in [-0.3, -0.25) is 9.59 Å². The first kappa shape index (κ1) is 44.1. The molecule has 0 spiro atoms. The monoisotopic (exact) mass is 734 g/mol. The van der Waals surface area contributed by atoms with E-state index in [2.05, 4.69) is 0 Å². The summed E-state index contributed by atoms with van der Waals surface area (Å²) in [6.45, 7) is 16.9. The molecule has 0 aromatic carbocycles. The molecule has 18 atom stereocenters. The second kappa shape index (κ2) is 17.4. The highest BCUT2D eigenvalue weighted by Crippen LogP contribution is 2.41. The molecule has 0 unspecified atom stereocenters. The van der Waals surface area contributed by atoms with E-state index in [4.69, 9.17) is 37.9 Å². The van der Waals surface area contributed by atoms with Crippen LogP contribution in [0, 0.1) is 23.7 Å². The summed E-state index contributed by atoms with van der Waals surface area (Å²) in [4.78, 5) is 28.1. The number of Topliss-reactive ketones (excluding diaryl/α,β-unsaturated/α-hetero) is 1. The minimum Gasteiger partial charge on any atom is -0.459 e. The number of carbonyl (C=O) groups excluding carboxylic acids is 2. The van der Waals surface area contributed by atoms with Crippen molar-refractivity contribution in [3.63, 3.8) is 0 Å². The van der Waals surface area contributed by atoms with Gasteiger partial charge in [-0.1, -0.05) is 27.7 Å². The quantitative estimate of drug-likeness (QED) is 0.266. The van der Waals surface area contributed by atoms with Crippen molar-refractivity contribution >= 4 is 11.8 Å². The van der Waals surface area contributed by atoms with Crippen LogP contribution in [0.5, 0.6) is 0 Å². The van der Waals surface area contributed by atoms with Crippen LogP contribution in [0.2, 0.25) is 0 Å². The minimum atomic E-state index is -1.97. The number of ether oxygens (including phenoxy) is 8. The summed E-state index contributed by atoms with van der Waals surface area (Å²) >= 11 is 0. The molecule has 3 aliphatic rings. The van der Waals surface area contributed by atoms with E-state index in [1.165, 1.54) is 28.3 Å². The van der Waals surface area contributed by atoms with Crippen molar-refractivity contribution in [3.8, 4) is 0 Å². The predicted molar refractivity (Wildman–Crippen MR) is 184 cm³/mol. The Hall–Kier alpha value is -1.30. The van der Waals surface area contributed by atoms with Crippen LogP contribution in [0.25, 0.3) is 0 Å². The molecule has 3 saturated heterocycles. The highest BCUT2D eigenvalue weighted by molar-refractivity contribution is 5.83. The number of ketones is 1. The fourth-order valence-corrected chi connectivity index (χ4v) is 8.29. The van der Waals surface area contributed by atoms with Gasteiger partial charge in [0.25, 0.3) is 0 Å². The van der Waals surface area contributed by atoms with E-state index in [0.29, 0.717) is 6.42 Å². The van der Waals surface area contributed by atoms with Crippen molar-refractivity contribution in [2.75, 3.05) is 21.3 Å². The summed E-state index contributed by atoms with van der Waals surface area (Å²) in [6.07, 6.45) is -9.82. The Balaban J connectivity index is 2.21. The number of rotatable bonds is 8. The van der Waals surface area contributed by atoms with Crippen LogP contribution >= 0.6 is 0 Å². The molecule has 0 aliphatic carbocycles. The van der Waals surface area contributed by atoms with Gasteiger partial charge in [0.2, 0.25) is 0 Å². The number of cyclic esters (lactones) is 1. The van der Waals surface area contributed by atoms with E-state index in [9.17, 15) is 30.0 Å². The normalized spacial score (nSPS) is 49.6. The van der Waals surface area contributed by atoms with Gasteiger partial charge in [-0.15, -0.1) is 0 Å². The smallest absolute Gasteiger partial charge is 0.311 e. The van der Waals surface area contributed by atoms with Gasteiger partial charge in [-0.2, -0.15) is 0 Å². The molecule has 0 saturated carbocycles. The Bertz CT molecular complexity index is 1150. The average molecular weight is 735 g/mol. The minimum absolute atomic E-state index is 0.0935. The molecule has 3 rings (SSSR count). The van der Waals surface area contributed by atoms with Gasteiger partial charge >= 0.3 is 5.97 Å². The summed E-state index contributed by atoms with van der Waals surface area (Å²) < 4.78 is 49.1. The number of hydrogen-bond donors (Lipinski definition) is 4. The maximum atomic E-state index is 14.1. The van der Waals surface area contributed by atoms with Crippen LogP contribution in [0.3, 0.4) is 0 Å². The van der Waals surface area contributed by atoms with Crippen molar-refractivity contribution in [1.82, 2.24) is 0 Å². The van der Waals surface area contributed by atoms with Gasteiger partial charge in [-0.25, -0.2) is 0 Å². The molecule has 298 valence electrons. The van der Waals surface area contributed by atoms with Crippen LogP contribution in [-0.2, 0) is 47.5 Å². The number of hydrogen-bond acceptors (Lipinski definition) is 14. The van der Waals surface area contributed by atoms with Crippen LogP contribution in [0.1, 0.15) is 94.9 Å². The second-order valence-corrected chi connectivity index (χ2v) is 15.9. The van der Waals surface area contributed by atoms with E-state index >= 15 is 0 Å². The lowest BCUT2D eigenvalue weighted by Crippen LogP contribution is -2.61. The average Bonchev–Trinajstić information content (AvgIpc) is 3.09. The van der Waals surface area contributed by atoms with E-state index in [-0.39, 0.29) is 31.1 Å². The first-order valence-electron chi connectivity index (χ1n) is 18.4. The van der Waals surface area contributed by atoms with Gasteiger partial charge < -0.3 is 58.3 Å². The fraction of sp³-hybridized carbons (Fsp3) is 0.946. The Kier molecular flexibility index (Phi) is 15.1. The summed E-state index contributed by atoms with van der Waals surface area (Å²) in [6, 6.07) is 0. The van der Waals surface area contributed by atoms with Gasteiger partial charge in [0, 0.05) is 51.9 Å². The van der Waals surface area contributed by atoms with Crippen LogP contribution in [-0.4, -0.2) is 138 Å². The summed E-state index contributed by atoms with van der Waals surface area (Å²) in [5, 5.41) is 45.2. The topological polar surface area (TPSA) is 189 Å². The molecule has 4 N–H and O–H groups in total. The van der Waals surface area contributed by atoms with Gasteiger partial charge in [-0.05, 0) is 54.4 Å². The Morgan fingerprint density at radius 2 is 1.43 bits per heavy atom. The van der Waals surface area contributed by atoms with Crippen LogP contribution < -0.4 is 0 Å². The largest absolute Gasteiger partial charge is 0.459 e. The standard InChI is InChI=1S/C37H66O14/c1-14-25-37(10,43)30(40)20(4)27(38)18(2)16-36(9,46-13)32(51-34-28(39)24(44-11)15-19(3)47-34)21(5)29(22(6)33(42)49-25)50-26-17-35(8,45-12)31(41)23(7)48-26/h18-26,28-32,34,39-41,43H,14-17H2,1-13H3/t18-,19-,20+,21+,22-,23+,24+,25-,26+,28-,29+,30-,31+,32-,34+,35-,36+,37-/m1/s1. The SMILES string of the molecule is CC[C@H]1OC(=O)[C@H](C)[C@@H](O[C@H]2C[C@@](C)(OC)[C@@H](O)[C@H](C)O2)[C@H](C)[C@@H](O[C@@H]2O[C@H](C)C[C@H](OC)[C@H]2O)[C@@](C)(OC)C[C@@H](C)C(=O)[C@H](C)[C@@H](O)[C@]1(C)O. The van der Waals surface area contributed by atoms with Crippen molar-refractivity contribution in [1.29, 1.82) is 0 Å². The van der Waals surface area contributed by atoms with Crippen molar-refractivity contribution < 1.29 is 67.9 Å². The fourth-order valence-electron chi connectivity index (χ4n) is 8.29. The maximum absolute atomic E-state index is 14.1. The van der Waals surface area contributed by atoms with Crippen molar-refractivity contribution in [2.45, 2.75) is 179 Å². The molecular formula is C37H66O14. The highest BCUT2D eigenvalue weighted by Gasteiger charge is 2.54. The molecule has 0 radical (unpaired) electrons. The zero-order valence-corrected chi connectivity index (χ0v) is 32.9. The second-order valence-electron chi connectivity index (χ2n) is 15.9. The van der Waals surface area contributed by atoms with Crippen molar-refractivity contribution in [2.24, 2.45) is 23.7 Å². The third kappa shape index (κ3) is 9.33. The van der Waals surface area contributed by atoms with Crippen LogP contribution in [0.15, 0.2) is 0 Å². The summed E-state index contributed by atoms with van der Waals surface area (Å²) in [5.41, 5.74) is -4.27. The number of aliphatic hydroxyl groups is 4. The van der Waals surface area contributed by atoms with Crippen molar-refractivity contribution in [3.05, 3.63) is 0 Å². The van der Waals surface area contributed by atoms with Crippen LogP contribution in [0.4, 0.5) is 0 Å². The molecule has 0 amide bonds. The van der Waals surface area contributed by atoms with Gasteiger partial charge in [0.05, 0.1) is 53.7 Å². The number of aliphatic hydroxyl groups excluding tert-OH is 3. The number of carbonyl (C=O) groups is 2. The Morgan fingerprint density at radius 3 is 1.98 bits per heavy atom. The molecule has 3 aliphatic heterocycles. The molecule has 0 aromatic heterocycles. The molecule has 14 heteroatoms. The summed E-state index contributed by atoms with van der Waals surface area (Å²) in [7, 11) is 4.49. The van der Waals surface area contributed by atoms with E-state index < -0.39 is 108 Å². The molecular weight excluding hydrogens is 668 g/mol. The lowest BCUT2D eigenvalue weighted by Gasteiger charge is -2.49. The summed E-state index contributed by atoms with van der Waals surface area (Å²) in [5.74, 6) is -4.55. The highest BCUT2D eigenvalue weighted by atomic mass is 16.7. The molecule has 3 heterocycles. The zero-order chi connectivity index (χ0) is 38.8. The van der Waals surface area contributed by atoms with E-state index in [1.54, 1.807) is 48.5 Å². The number of methoxy groups -OCH3 is 3. The molecule has 0 aromatic rings. The third-order valence-electron chi connectivity index (χ3n) is 11.9. The Morgan fingerprint density at radius 1 is 0.824 bits per heavy atom. The first-order chi connectivity index (χ1) is 23.6. The third-order valence-corrected chi connectivity index (χ3v) is 11.9. The predicted octanol–water partition coefficient (Wildman–Crippen LogP) is 2.52.